The Bertz CT molecular complexity index is 407. The lowest BCUT2D eigenvalue weighted by Gasteiger charge is -2.20. The van der Waals surface area contributed by atoms with Gasteiger partial charge in [-0.2, -0.15) is 0 Å². The van der Waals surface area contributed by atoms with E-state index in [-0.39, 0.29) is 6.10 Å². The standard InChI is InChI=1S/C15H22BrNO2/c1-3-4-13(10-17-11-5-6-11)19-15-8-7-12(18-2)9-14(15)16/h7-9,11,13,17H,3-6,10H2,1-2H3. The highest BCUT2D eigenvalue weighted by molar-refractivity contribution is 9.10. The molecule has 1 fully saturated rings. The summed E-state index contributed by atoms with van der Waals surface area (Å²) in [6.45, 7) is 3.12. The van der Waals surface area contributed by atoms with Gasteiger partial charge in [-0.3, -0.25) is 0 Å². The molecule has 0 aliphatic heterocycles. The fourth-order valence-electron chi connectivity index (χ4n) is 1.99. The molecule has 1 aliphatic carbocycles. The zero-order valence-electron chi connectivity index (χ0n) is 11.6. The van der Waals surface area contributed by atoms with Gasteiger partial charge in [-0.1, -0.05) is 13.3 Å². The molecule has 1 aromatic carbocycles. The first-order valence-corrected chi connectivity index (χ1v) is 7.75. The molecule has 0 radical (unpaired) electrons. The molecular formula is C15H22BrNO2. The number of nitrogens with one attached hydrogen (secondary N) is 1. The first-order chi connectivity index (χ1) is 9.22. The van der Waals surface area contributed by atoms with Gasteiger partial charge < -0.3 is 14.8 Å². The van der Waals surface area contributed by atoms with Gasteiger partial charge in [0.2, 0.25) is 0 Å². The Morgan fingerprint density at radius 3 is 2.79 bits per heavy atom. The average molecular weight is 328 g/mol. The summed E-state index contributed by atoms with van der Waals surface area (Å²) in [5.74, 6) is 1.72. The van der Waals surface area contributed by atoms with Crippen LogP contribution in [0.15, 0.2) is 22.7 Å². The monoisotopic (exact) mass is 327 g/mol. The van der Waals surface area contributed by atoms with Crippen LogP contribution in [0.1, 0.15) is 32.6 Å². The van der Waals surface area contributed by atoms with Crippen molar-refractivity contribution < 1.29 is 9.47 Å². The molecule has 0 spiro atoms. The number of rotatable bonds is 8. The fourth-order valence-corrected chi connectivity index (χ4v) is 2.45. The highest BCUT2D eigenvalue weighted by Gasteiger charge is 2.22. The summed E-state index contributed by atoms with van der Waals surface area (Å²) in [4.78, 5) is 0. The van der Waals surface area contributed by atoms with E-state index in [1.807, 2.05) is 18.2 Å². The van der Waals surface area contributed by atoms with Crippen molar-refractivity contribution in [1.29, 1.82) is 0 Å². The highest BCUT2D eigenvalue weighted by atomic mass is 79.9. The quantitative estimate of drug-likeness (QED) is 0.788. The first-order valence-electron chi connectivity index (χ1n) is 6.96. The zero-order chi connectivity index (χ0) is 13.7. The summed E-state index contributed by atoms with van der Waals surface area (Å²) in [5.41, 5.74) is 0. The lowest BCUT2D eigenvalue weighted by atomic mass is 10.2. The minimum absolute atomic E-state index is 0.232. The van der Waals surface area contributed by atoms with E-state index < -0.39 is 0 Å². The summed E-state index contributed by atoms with van der Waals surface area (Å²) >= 11 is 3.53. The second-order valence-corrected chi connectivity index (χ2v) is 5.86. The Morgan fingerprint density at radius 2 is 2.21 bits per heavy atom. The van der Waals surface area contributed by atoms with Crippen LogP contribution in [0.4, 0.5) is 0 Å². The van der Waals surface area contributed by atoms with Crippen LogP contribution in [0.3, 0.4) is 0 Å². The van der Waals surface area contributed by atoms with Crippen LogP contribution in [0.25, 0.3) is 0 Å². The van der Waals surface area contributed by atoms with Gasteiger partial charge in [0.1, 0.15) is 17.6 Å². The Morgan fingerprint density at radius 1 is 1.42 bits per heavy atom. The maximum absolute atomic E-state index is 6.10. The third-order valence-corrected chi connectivity index (χ3v) is 3.87. The Hall–Kier alpha value is -0.740. The molecule has 19 heavy (non-hydrogen) atoms. The van der Waals surface area contributed by atoms with E-state index in [1.54, 1.807) is 7.11 Å². The number of halogens is 1. The van der Waals surface area contributed by atoms with Gasteiger partial charge in [0, 0.05) is 12.6 Å². The Balaban J connectivity index is 1.94. The van der Waals surface area contributed by atoms with Crippen LogP contribution in [0.5, 0.6) is 11.5 Å². The number of hydrogen-bond donors (Lipinski definition) is 1. The van der Waals surface area contributed by atoms with Gasteiger partial charge in [0.15, 0.2) is 0 Å². The topological polar surface area (TPSA) is 30.5 Å². The summed E-state index contributed by atoms with van der Waals surface area (Å²) < 4.78 is 12.2. The van der Waals surface area contributed by atoms with E-state index in [0.717, 1.165) is 41.4 Å². The van der Waals surface area contributed by atoms with Crippen LogP contribution in [0, 0.1) is 0 Å². The molecule has 1 aromatic rings. The van der Waals surface area contributed by atoms with Crippen LogP contribution in [-0.2, 0) is 0 Å². The van der Waals surface area contributed by atoms with Crippen LogP contribution >= 0.6 is 15.9 Å². The van der Waals surface area contributed by atoms with E-state index in [9.17, 15) is 0 Å². The van der Waals surface area contributed by atoms with Crippen molar-refractivity contribution in [3.8, 4) is 11.5 Å². The number of ether oxygens (including phenoxy) is 2. The highest BCUT2D eigenvalue weighted by Crippen LogP contribution is 2.30. The molecule has 1 saturated carbocycles. The van der Waals surface area contributed by atoms with E-state index in [0.29, 0.717) is 0 Å². The van der Waals surface area contributed by atoms with Gasteiger partial charge in [0.25, 0.3) is 0 Å². The lowest BCUT2D eigenvalue weighted by molar-refractivity contribution is 0.184. The number of methoxy groups -OCH3 is 1. The van der Waals surface area contributed by atoms with E-state index in [2.05, 4.69) is 28.2 Å². The molecule has 106 valence electrons. The second-order valence-electron chi connectivity index (χ2n) is 5.01. The maximum Gasteiger partial charge on any atom is 0.134 e. The SMILES string of the molecule is CCCC(CNC1CC1)Oc1ccc(OC)cc1Br. The van der Waals surface area contributed by atoms with Crippen LogP contribution < -0.4 is 14.8 Å². The predicted octanol–water partition coefficient (Wildman–Crippen LogP) is 3.76. The van der Waals surface area contributed by atoms with Crippen molar-refractivity contribution in [3.63, 3.8) is 0 Å². The minimum atomic E-state index is 0.232. The smallest absolute Gasteiger partial charge is 0.134 e. The van der Waals surface area contributed by atoms with Gasteiger partial charge in [-0.25, -0.2) is 0 Å². The third kappa shape index (κ3) is 4.69. The largest absolute Gasteiger partial charge is 0.497 e. The molecule has 1 unspecified atom stereocenters. The molecule has 1 N–H and O–H groups in total. The van der Waals surface area contributed by atoms with Crippen molar-refractivity contribution in [2.24, 2.45) is 0 Å². The van der Waals surface area contributed by atoms with Crippen LogP contribution in [0.2, 0.25) is 0 Å². The summed E-state index contributed by atoms with van der Waals surface area (Å²) in [6, 6.07) is 6.55. The number of benzene rings is 1. The maximum atomic E-state index is 6.10. The molecule has 0 saturated heterocycles. The summed E-state index contributed by atoms with van der Waals surface area (Å²) in [6.07, 6.45) is 5.05. The average Bonchev–Trinajstić information content (AvgIpc) is 3.22. The molecule has 0 amide bonds. The molecular weight excluding hydrogens is 306 g/mol. The Kier molecular flexibility index (Phi) is 5.52. The van der Waals surface area contributed by atoms with Crippen LogP contribution in [-0.4, -0.2) is 25.8 Å². The lowest BCUT2D eigenvalue weighted by Crippen LogP contribution is -2.32. The normalized spacial score (nSPS) is 16.2. The molecule has 4 heteroatoms. The fraction of sp³-hybridized carbons (Fsp3) is 0.600. The molecule has 0 aromatic heterocycles. The number of hydrogen-bond acceptors (Lipinski definition) is 3. The third-order valence-electron chi connectivity index (χ3n) is 3.25. The van der Waals surface area contributed by atoms with Gasteiger partial charge in [-0.15, -0.1) is 0 Å². The van der Waals surface area contributed by atoms with Gasteiger partial charge in [0.05, 0.1) is 11.6 Å². The summed E-state index contributed by atoms with van der Waals surface area (Å²) in [5, 5.41) is 3.54. The predicted molar refractivity (Wildman–Crippen MR) is 81.0 cm³/mol. The minimum Gasteiger partial charge on any atom is -0.497 e. The van der Waals surface area contributed by atoms with Crippen molar-refractivity contribution in [3.05, 3.63) is 22.7 Å². The zero-order valence-corrected chi connectivity index (χ0v) is 13.2. The first kappa shape index (κ1) is 14.7. The van der Waals surface area contributed by atoms with Crippen molar-refractivity contribution in [2.45, 2.75) is 44.8 Å². The molecule has 2 rings (SSSR count). The van der Waals surface area contributed by atoms with Crippen molar-refractivity contribution in [1.82, 2.24) is 5.32 Å². The van der Waals surface area contributed by atoms with Gasteiger partial charge in [-0.05, 0) is 53.4 Å². The molecule has 3 nitrogen and oxygen atoms in total. The second kappa shape index (κ2) is 7.15. The molecule has 0 bridgehead atoms. The molecule has 1 aliphatic rings. The summed E-state index contributed by atoms with van der Waals surface area (Å²) in [7, 11) is 1.67. The molecule has 1 atom stereocenters. The van der Waals surface area contributed by atoms with E-state index in [4.69, 9.17) is 9.47 Å². The van der Waals surface area contributed by atoms with Crippen molar-refractivity contribution in [2.75, 3.05) is 13.7 Å². The van der Waals surface area contributed by atoms with E-state index >= 15 is 0 Å². The van der Waals surface area contributed by atoms with Gasteiger partial charge >= 0.3 is 0 Å². The van der Waals surface area contributed by atoms with E-state index in [1.165, 1.54) is 12.8 Å². The molecule has 0 heterocycles. The Labute approximate surface area is 123 Å². The van der Waals surface area contributed by atoms with Crippen molar-refractivity contribution >= 4 is 15.9 Å².